The monoisotopic (exact) mass is 489 g/mol. The summed E-state index contributed by atoms with van der Waals surface area (Å²) in [7, 11) is 3.37. The highest BCUT2D eigenvalue weighted by Gasteiger charge is 2.24. The van der Waals surface area contributed by atoms with Crippen molar-refractivity contribution in [2.24, 2.45) is 0 Å². The number of ether oxygens (including phenoxy) is 4. The summed E-state index contributed by atoms with van der Waals surface area (Å²) in [5, 5.41) is 0. The largest absolute Gasteiger partial charge is 0.496 e. The second-order valence-corrected chi connectivity index (χ2v) is 9.64. The third-order valence-corrected chi connectivity index (χ3v) is 6.51. The smallest absolute Gasteiger partial charge is 0.132 e. The van der Waals surface area contributed by atoms with Crippen LogP contribution in [-0.2, 0) is 0 Å². The van der Waals surface area contributed by atoms with Gasteiger partial charge in [-0.25, -0.2) is 0 Å². The molecule has 0 fully saturated rings. The molecule has 35 heavy (non-hydrogen) atoms. The topological polar surface area (TPSA) is 49.8 Å². The van der Waals surface area contributed by atoms with E-state index in [1.54, 1.807) is 38.0 Å². The number of hydrogen-bond acceptors (Lipinski definition) is 6. The zero-order valence-electron chi connectivity index (χ0n) is 21.0. The standard InChI is InChI=1S/C29H31NO4S/c1-18(2)33-24-11-7-9-22(31-5)27(24)26-17-21(20-13-15-30-16-14-20)29(35-26)28-23(32-6)10-8-12-25(28)34-19(3)4/h7-19H,1-6H3. The van der Waals surface area contributed by atoms with Gasteiger partial charge in [0.15, 0.2) is 0 Å². The second kappa shape index (κ2) is 10.8. The molecule has 0 aliphatic carbocycles. The quantitative estimate of drug-likeness (QED) is 0.241. The van der Waals surface area contributed by atoms with E-state index in [4.69, 9.17) is 18.9 Å². The Kier molecular flexibility index (Phi) is 7.61. The molecule has 0 saturated heterocycles. The Morgan fingerprint density at radius 1 is 0.686 bits per heavy atom. The van der Waals surface area contributed by atoms with Crippen LogP contribution in [0.3, 0.4) is 0 Å². The van der Waals surface area contributed by atoms with E-state index in [1.165, 1.54) is 0 Å². The summed E-state index contributed by atoms with van der Waals surface area (Å²) in [4.78, 5) is 6.29. The lowest BCUT2D eigenvalue weighted by Crippen LogP contribution is -2.07. The number of hydrogen-bond donors (Lipinski definition) is 0. The zero-order chi connectivity index (χ0) is 24.9. The van der Waals surface area contributed by atoms with Gasteiger partial charge in [0.25, 0.3) is 0 Å². The van der Waals surface area contributed by atoms with Crippen LogP contribution in [0, 0.1) is 0 Å². The summed E-state index contributed by atoms with van der Waals surface area (Å²) >= 11 is 1.66. The van der Waals surface area contributed by atoms with E-state index in [-0.39, 0.29) is 12.2 Å². The molecular weight excluding hydrogens is 458 g/mol. The fourth-order valence-corrected chi connectivity index (χ4v) is 5.27. The molecule has 0 saturated carbocycles. The SMILES string of the molecule is COc1cccc(OC(C)C)c1-c1cc(-c2ccncc2)c(-c2c(OC)cccc2OC(C)C)s1. The molecule has 0 aliphatic rings. The molecule has 2 heterocycles. The molecule has 0 amide bonds. The normalized spacial score (nSPS) is 11.1. The molecule has 2 aromatic heterocycles. The lowest BCUT2D eigenvalue weighted by molar-refractivity contribution is 0.242. The maximum absolute atomic E-state index is 6.23. The molecule has 0 radical (unpaired) electrons. The fourth-order valence-electron chi connectivity index (χ4n) is 3.98. The van der Waals surface area contributed by atoms with Crippen LogP contribution in [0.15, 0.2) is 67.0 Å². The number of nitrogens with zero attached hydrogens (tertiary/aromatic N) is 1. The van der Waals surface area contributed by atoms with Gasteiger partial charge in [-0.1, -0.05) is 12.1 Å². The van der Waals surface area contributed by atoms with Crippen LogP contribution in [0.2, 0.25) is 0 Å². The van der Waals surface area contributed by atoms with E-state index in [1.807, 2.05) is 76.2 Å². The van der Waals surface area contributed by atoms with Gasteiger partial charge in [-0.05, 0) is 75.7 Å². The molecule has 0 spiro atoms. The van der Waals surface area contributed by atoms with Gasteiger partial charge in [0.2, 0.25) is 0 Å². The Labute approximate surface area is 211 Å². The zero-order valence-corrected chi connectivity index (χ0v) is 21.8. The van der Waals surface area contributed by atoms with Gasteiger partial charge in [0, 0.05) is 22.8 Å². The molecule has 0 bridgehead atoms. The van der Waals surface area contributed by atoms with Crippen molar-refractivity contribution in [2.75, 3.05) is 14.2 Å². The Morgan fingerprint density at radius 3 is 1.74 bits per heavy atom. The average Bonchev–Trinajstić information content (AvgIpc) is 3.28. The molecule has 4 rings (SSSR count). The maximum atomic E-state index is 6.23. The van der Waals surface area contributed by atoms with Crippen molar-refractivity contribution < 1.29 is 18.9 Å². The predicted molar refractivity (Wildman–Crippen MR) is 143 cm³/mol. The number of methoxy groups -OCH3 is 2. The molecule has 182 valence electrons. The molecule has 4 aromatic rings. The first-order valence-electron chi connectivity index (χ1n) is 11.6. The molecule has 2 aromatic carbocycles. The first-order valence-corrected chi connectivity index (χ1v) is 12.5. The van der Waals surface area contributed by atoms with Crippen LogP contribution in [0.1, 0.15) is 27.7 Å². The van der Waals surface area contributed by atoms with Crippen LogP contribution in [-0.4, -0.2) is 31.4 Å². The van der Waals surface area contributed by atoms with E-state index in [0.717, 1.165) is 55.0 Å². The van der Waals surface area contributed by atoms with Crippen molar-refractivity contribution in [1.29, 1.82) is 0 Å². The van der Waals surface area contributed by atoms with E-state index >= 15 is 0 Å². The van der Waals surface area contributed by atoms with Crippen LogP contribution in [0.5, 0.6) is 23.0 Å². The highest BCUT2D eigenvalue weighted by atomic mass is 32.1. The molecule has 0 unspecified atom stereocenters. The van der Waals surface area contributed by atoms with Gasteiger partial charge in [-0.15, -0.1) is 11.3 Å². The summed E-state index contributed by atoms with van der Waals surface area (Å²) in [6, 6.07) is 18.0. The molecule has 6 heteroatoms. The van der Waals surface area contributed by atoms with Gasteiger partial charge in [0.1, 0.15) is 23.0 Å². The van der Waals surface area contributed by atoms with Crippen LogP contribution >= 0.6 is 11.3 Å². The highest BCUT2D eigenvalue weighted by Crippen LogP contribution is 2.52. The maximum Gasteiger partial charge on any atom is 0.132 e. The van der Waals surface area contributed by atoms with Crippen molar-refractivity contribution >= 4 is 11.3 Å². The molecular formula is C29H31NO4S. The lowest BCUT2D eigenvalue weighted by atomic mass is 10.0. The predicted octanol–water partition coefficient (Wildman–Crippen LogP) is 7.74. The van der Waals surface area contributed by atoms with Crippen LogP contribution < -0.4 is 18.9 Å². The van der Waals surface area contributed by atoms with Crippen molar-refractivity contribution in [3.05, 3.63) is 67.0 Å². The minimum absolute atomic E-state index is 0.0184. The molecule has 0 atom stereocenters. The third-order valence-electron chi connectivity index (χ3n) is 5.34. The minimum atomic E-state index is 0.0184. The summed E-state index contributed by atoms with van der Waals surface area (Å²) in [5.41, 5.74) is 3.97. The number of aromatic nitrogens is 1. The lowest BCUT2D eigenvalue weighted by Gasteiger charge is -2.17. The molecule has 5 nitrogen and oxygen atoms in total. The van der Waals surface area contributed by atoms with Crippen molar-refractivity contribution in [1.82, 2.24) is 4.98 Å². The number of thiophene rings is 1. The van der Waals surface area contributed by atoms with Gasteiger partial charge in [-0.3, -0.25) is 4.98 Å². The van der Waals surface area contributed by atoms with E-state index in [9.17, 15) is 0 Å². The number of rotatable bonds is 9. The van der Waals surface area contributed by atoms with Crippen molar-refractivity contribution in [3.63, 3.8) is 0 Å². The van der Waals surface area contributed by atoms with Crippen LogP contribution in [0.4, 0.5) is 0 Å². The summed E-state index contributed by atoms with van der Waals surface area (Å²) < 4.78 is 24.0. The van der Waals surface area contributed by atoms with Crippen LogP contribution in [0.25, 0.3) is 32.0 Å². The van der Waals surface area contributed by atoms with E-state index in [0.29, 0.717) is 0 Å². The van der Waals surface area contributed by atoms with Gasteiger partial charge in [0.05, 0.1) is 42.4 Å². The van der Waals surface area contributed by atoms with E-state index in [2.05, 4.69) is 11.1 Å². The van der Waals surface area contributed by atoms with Crippen molar-refractivity contribution in [3.8, 4) is 55.0 Å². The minimum Gasteiger partial charge on any atom is -0.496 e. The summed E-state index contributed by atoms with van der Waals surface area (Å²) in [6.07, 6.45) is 3.66. The summed E-state index contributed by atoms with van der Waals surface area (Å²) in [6.45, 7) is 8.10. The van der Waals surface area contributed by atoms with Gasteiger partial charge >= 0.3 is 0 Å². The number of pyridine rings is 1. The fraction of sp³-hybridized carbons (Fsp3) is 0.276. The first-order chi connectivity index (χ1) is 16.9. The van der Waals surface area contributed by atoms with E-state index < -0.39 is 0 Å². The van der Waals surface area contributed by atoms with Gasteiger partial charge in [-0.2, -0.15) is 0 Å². The van der Waals surface area contributed by atoms with Gasteiger partial charge < -0.3 is 18.9 Å². The highest BCUT2D eigenvalue weighted by molar-refractivity contribution is 7.19. The Bertz CT molecular complexity index is 1280. The Hall–Kier alpha value is -3.51. The third kappa shape index (κ3) is 5.28. The molecule has 0 N–H and O–H groups in total. The van der Waals surface area contributed by atoms with Crippen molar-refractivity contribution in [2.45, 2.75) is 39.9 Å². The molecule has 0 aliphatic heterocycles. The second-order valence-electron chi connectivity index (χ2n) is 8.59. The number of benzene rings is 2. The Balaban J connectivity index is 2.02. The summed E-state index contributed by atoms with van der Waals surface area (Å²) in [5.74, 6) is 3.08. The first kappa shape index (κ1) is 24.6. The average molecular weight is 490 g/mol. The Morgan fingerprint density at radius 2 is 1.20 bits per heavy atom.